The number of hydrogen-bond donors (Lipinski definition) is 1. The number of hydrogen-bond acceptors (Lipinski definition) is 2. The van der Waals surface area contributed by atoms with Gasteiger partial charge in [-0.15, -0.1) is 0 Å². The molecular formula is C15H22N2. The summed E-state index contributed by atoms with van der Waals surface area (Å²) in [5, 5.41) is 3.46. The second-order valence-electron chi connectivity index (χ2n) is 5.66. The van der Waals surface area contributed by atoms with E-state index < -0.39 is 0 Å². The van der Waals surface area contributed by atoms with Crippen molar-refractivity contribution in [3.8, 4) is 0 Å². The molecule has 2 heterocycles. The molecule has 0 aromatic heterocycles. The standard InChI is InChI=1S/C15H22N2/c1-12-5-7-17(10-12)11-13-2-3-14-4-6-16-9-15(14)8-13/h2-3,8,12,16H,4-7,9-11H2,1H3. The summed E-state index contributed by atoms with van der Waals surface area (Å²) in [6, 6.07) is 7.07. The zero-order valence-corrected chi connectivity index (χ0v) is 10.7. The molecule has 1 fully saturated rings. The van der Waals surface area contributed by atoms with Gasteiger partial charge in [0.2, 0.25) is 0 Å². The first-order valence-corrected chi connectivity index (χ1v) is 6.85. The number of benzene rings is 1. The van der Waals surface area contributed by atoms with Crippen molar-refractivity contribution < 1.29 is 0 Å². The van der Waals surface area contributed by atoms with Crippen LogP contribution in [0, 0.1) is 5.92 Å². The fraction of sp³-hybridized carbons (Fsp3) is 0.600. The second kappa shape index (κ2) is 4.79. The van der Waals surface area contributed by atoms with Gasteiger partial charge in [0.25, 0.3) is 0 Å². The van der Waals surface area contributed by atoms with Crippen LogP contribution in [0.3, 0.4) is 0 Å². The van der Waals surface area contributed by atoms with Crippen LogP contribution in [0.2, 0.25) is 0 Å². The van der Waals surface area contributed by atoms with Crippen molar-refractivity contribution in [3.63, 3.8) is 0 Å². The van der Waals surface area contributed by atoms with Crippen LogP contribution in [-0.2, 0) is 19.5 Å². The number of nitrogens with one attached hydrogen (secondary N) is 1. The van der Waals surface area contributed by atoms with E-state index in [0.29, 0.717) is 0 Å². The predicted molar refractivity (Wildman–Crippen MR) is 70.9 cm³/mol. The fourth-order valence-corrected chi connectivity index (χ4v) is 3.06. The van der Waals surface area contributed by atoms with Crippen molar-refractivity contribution in [2.75, 3.05) is 19.6 Å². The van der Waals surface area contributed by atoms with Gasteiger partial charge in [0, 0.05) is 19.6 Å². The lowest BCUT2D eigenvalue weighted by atomic mass is 9.98. The molecule has 0 aliphatic carbocycles. The van der Waals surface area contributed by atoms with Crippen molar-refractivity contribution in [2.24, 2.45) is 5.92 Å². The monoisotopic (exact) mass is 230 g/mol. The van der Waals surface area contributed by atoms with Crippen LogP contribution in [0.15, 0.2) is 18.2 Å². The van der Waals surface area contributed by atoms with Crippen LogP contribution in [0.5, 0.6) is 0 Å². The fourth-order valence-electron chi connectivity index (χ4n) is 3.06. The molecule has 0 saturated carbocycles. The topological polar surface area (TPSA) is 15.3 Å². The highest BCUT2D eigenvalue weighted by Crippen LogP contribution is 2.20. The SMILES string of the molecule is CC1CCN(Cc2ccc3c(c2)CNCC3)C1. The lowest BCUT2D eigenvalue weighted by Gasteiger charge is -2.20. The Balaban J connectivity index is 1.71. The van der Waals surface area contributed by atoms with Crippen molar-refractivity contribution in [1.82, 2.24) is 10.2 Å². The number of fused-ring (bicyclic) bond motifs is 1. The molecule has 0 radical (unpaired) electrons. The van der Waals surface area contributed by atoms with Gasteiger partial charge in [-0.2, -0.15) is 0 Å². The summed E-state index contributed by atoms with van der Waals surface area (Å²) in [6.45, 7) is 8.23. The maximum absolute atomic E-state index is 3.46. The normalized spacial score (nSPS) is 24.9. The molecule has 1 unspecified atom stereocenters. The Kier molecular flexibility index (Phi) is 3.17. The molecule has 0 amide bonds. The number of nitrogens with zero attached hydrogens (tertiary/aromatic N) is 1. The highest BCUT2D eigenvalue weighted by atomic mass is 15.1. The Morgan fingerprint density at radius 2 is 2.29 bits per heavy atom. The third kappa shape index (κ3) is 2.53. The molecule has 1 aromatic rings. The third-order valence-electron chi connectivity index (χ3n) is 4.07. The molecule has 1 aromatic carbocycles. The van der Waals surface area contributed by atoms with Gasteiger partial charge < -0.3 is 5.32 Å². The smallest absolute Gasteiger partial charge is 0.0233 e. The first kappa shape index (κ1) is 11.2. The minimum atomic E-state index is 0.884. The molecule has 2 heteroatoms. The summed E-state index contributed by atoms with van der Waals surface area (Å²) in [6.07, 6.45) is 2.56. The lowest BCUT2D eigenvalue weighted by molar-refractivity contribution is 0.320. The number of likely N-dealkylation sites (tertiary alicyclic amines) is 1. The largest absolute Gasteiger partial charge is 0.312 e. The van der Waals surface area contributed by atoms with E-state index in [1.54, 1.807) is 5.56 Å². The molecule has 17 heavy (non-hydrogen) atoms. The summed E-state index contributed by atoms with van der Waals surface area (Å²) in [5.41, 5.74) is 4.55. The molecule has 2 aliphatic heterocycles. The zero-order valence-electron chi connectivity index (χ0n) is 10.7. The van der Waals surface area contributed by atoms with Crippen LogP contribution in [0.4, 0.5) is 0 Å². The van der Waals surface area contributed by atoms with Gasteiger partial charge in [-0.05, 0) is 48.5 Å². The maximum atomic E-state index is 3.46. The van der Waals surface area contributed by atoms with Crippen LogP contribution in [0.1, 0.15) is 30.0 Å². The minimum absolute atomic E-state index is 0.884. The van der Waals surface area contributed by atoms with Gasteiger partial charge in [-0.1, -0.05) is 25.1 Å². The Morgan fingerprint density at radius 1 is 1.35 bits per heavy atom. The molecule has 2 aliphatic rings. The lowest BCUT2D eigenvalue weighted by Crippen LogP contribution is -2.24. The van der Waals surface area contributed by atoms with Gasteiger partial charge in [0.15, 0.2) is 0 Å². The first-order valence-electron chi connectivity index (χ1n) is 6.85. The Hall–Kier alpha value is -0.860. The number of rotatable bonds is 2. The Bertz CT molecular complexity index is 400. The van der Waals surface area contributed by atoms with Gasteiger partial charge in [-0.3, -0.25) is 4.90 Å². The third-order valence-corrected chi connectivity index (χ3v) is 4.07. The van der Waals surface area contributed by atoms with Crippen LogP contribution in [0.25, 0.3) is 0 Å². The molecule has 0 spiro atoms. The quantitative estimate of drug-likeness (QED) is 0.837. The summed E-state index contributed by atoms with van der Waals surface area (Å²) < 4.78 is 0. The molecule has 1 saturated heterocycles. The first-order chi connectivity index (χ1) is 8.31. The van der Waals surface area contributed by atoms with E-state index in [1.807, 2.05) is 0 Å². The van der Waals surface area contributed by atoms with E-state index in [1.165, 1.54) is 37.1 Å². The average Bonchev–Trinajstić information content (AvgIpc) is 2.75. The second-order valence-corrected chi connectivity index (χ2v) is 5.66. The van der Waals surface area contributed by atoms with Crippen molar-refractivity contribution in [1.29, 1.82) is 0 Å². The summed E-state index contributed by atoms with van der Waals surface area (Å²) >= 11 is 0. The summed E-state index contributed by atoms with van der Waals surface area (Å²) in [5.74, 6) is 0.884. The molecule has 92 valence electrons. The van der Waals surface area contributed by atoms with E-state index in [0.717, 1.165) is 25.6 Å². The van der Waals surface area contributed by atoms with Crippen LogP contribution >= 0.6 is 0 Å². The molecule has 2 nitrogen and oxygen atoms in total. The molecular weight excluding hydrogens is 208 g/mol. The van der Waals surface area contributed by atoms with Crippen LogP contribution in [-0.4, -0.2) is 24.5 Å². The summed E-state index contributed by atoms with van der Waals surface area (Å²) in [4.78, 5) is 2.59. The Morgan fingerprint density at radius 3 is 3.12 bits per heavy atom. The zero-order chi connectivity index (χ0) is 11.7. The van der Waals surface area contributed by atoms with E-state index >= 15 is 0 Å². The maximum Gasteiger partial charge on any atom is 0.0233 e. The van der Waals surface area contributed by atoms with Crippen molar-refractivity contribution in [3.05, 3.63) is 34.9 Å². The highest BCUT2D eigenvalue weighted by Gasteiger charge is 2.18. The highest BCUT2D eigenvalue weighted by molar-refractivity contribution is 5.33. The molecule has 3 rings (SSSR count). The van der Waals surface area contributed by atoms with Gasteiger partial charge in [0.05, 0.1) is 0 Å². The molecule has 1 atom stereocenters. The van der Waals surface area contributed by atoms with E-state index in [9.17, 15) is 0 Å². The minimum Gasteiger partial charge on any atom is -0.312 e. The van der Waals surface area contributed by atoms with Crippen molar-refractivity contribution >= 4 is 0 Å². The molecule has 0 bridgehead atoms. The van der Waals surface area contributed by atoms with E-state index in [4.69, 9.17) is 0 Å². The van der Waals surface area contributed by atoms with Crippen LogP contribution < -0.4 is 5.32 Å². The van der Waals surface area contributed by atoms with Gasteiger partial charge in [-0.25, -0.2) is 0 Å². The van der Waals surface area contributed by atoms with E-state index in [-0.39, 0.29) is 0 Å². The van der Waals surface area contributed by atoms with Crippen molar-refractivity contribution in [2.45, 2.75) is 32.9 Å². The summed E-state index contributed by atoms with van der Waals surface area (Å²) in [7, 11) is 0. The predicted octanol–water partition coefficient (Wildman–Crippen LogP) is 2.17. The van der Waals surface area contributed by atoms with Gasteiger partial charge in [0.1, 0.15) is 0 Å². The Labute approximate surface area is 104 Å². The molecule has 1 N–H and O–H groups in total. The average molecular weight is 230 g/mol. The van der Waals surface area contributed by atoms with Gasteiger partial charge >= 0.3 is 0 Å². The van der Waals surface area contributed by atoms with E-state index in [2.05, 4.69) is 35.3 Å².